The zero-order valence-corrected chi connectivity index (χ0v) is 15.1. The Morgan fingerprint density at radius 3 is 2.57 bits per heavy atom. The van der Waals surface area contributed by atoms with Crippen LogP contribution in [0.25, 0.3) is 0 Å². The fourth-order valence-electron chi connectivity index (χ4n) is 4.91. The van der Waals surface area contributed by atoms with Crippen LogP contribution in [-0.2, 0) is 4.74 Å². The molecule has 2 heterocycles. The Kier molecular flexibility index (Phi) is 4.27. The summed E-state index contributed by atoms with van der Waals surface area (Å²) in [4.78, 5) is 0. The van der Waals surface area contributed by atoms with E-state index in [2.05, 4.69) is 33.8 Å². The van der Waals surface area contributed by atoms with Gasteiger partial charge in [-0.15, -0.1) is 0 Å². The third-order valence-corrected chi connectivity index (χ3v) is 6.66. The highest BCUT2D eigenvalue weighted by Crippen LogP contribution is 2.50. The maximum absolute atomic E-state index is 11.0. The van der Waals surface area contributed by atoms with Crippen LogP contribution in [0.3, 0.4) is 0 Å². The Morgan fingerprint density at radius 1 is 1.22 bits per heavy atom. The van der Waals surface area contributed by atoms with Crippen molar-refractivity contribution >= 4 is 0 Å². The molecule has 0 aromatic carbocycles. The van der Waals surface area contributed by atoms with Crippen LogP contribution in [0, 0.1) is 29.6 Å². The molecule has 3 nitrogen and oxygen atoms in total. The lowest BCUT2D eigenvalue weighted by atomic mass is 9.62. The molecule has 0 aromatic rings. The Hall–Kier alpha value is -0.640. The zero-order chi connectivity index (χ0) is 17.0. The average molecular weight is 320 g/mol. The minimum atomic E-state index is -1.24. The maximum atomic E-state index is 11.0. The van der Waals surface area contributed by atoms with Crippen LogP contribution >= 0.6 is 0 Å². The fourth-order valence-corrected chi connectivity index (χ4v) is 4.91. The molecule has 0 radical (unpaired) electrons. The first-order valence-corrected chi connectivity index (χ1v) is 9.13. The molecule has 1 saturated heterocycles. The Labute approximate surface area is 140 Å². The number of allylic oxidation sites excluding steroid dienone is 2. The van der Waals surface area contributed by atoms with Crippen molar-refractivity contribution in [3.05, 3.63) is 23.8 Å². The van der Waals surface area contributed by atoms with Gasteiger partial charge in [0.1, 0.15) is 5.60 Å². The Balaban J connectivity index is 2.01. The van der Waals surface area contributed by atoms with Gasteiger partial charge in [-0.05, 0) is 68.9 Å². The molecule has 2 unspecified atom stereocenters. The number of hydrogen-bond acceptors (Lipinski definition) is 3. The van der Waals surface area contributed by atoms with Crippen LogP contribution < -0.4 is 0 Å². The molecule has 0 amide bonds. The van der Waals surface area contributed by atoms with E-state index in [9.17, 15) is 10.2 Å². The molecule has 2 aliphatic heterocycles. The average Bonchev–Trinajstić information content (AvgIpc) is 2.45. The highest BCUT2D eigenvalue weighted by Gasteiger charge is 2.50. The van der Waals surface area contributed by atoms with E-state index >= 15 is 0 Å². The summed E-state index contributed by atoms with van der Waals surface area (Å²) in [5.74, 6) is 1.04. The molecular weight excluding hydrogens is 288 g/mol. The maximum Gasteiger partial charge on any atom is 0.188 e. The Bertz CT molecular complexity index is 519. The first-order valence-electron chi connectivity index (χ1n) is 9.13. The van der Waals surface area contributed by atoms with Crippen molar-refractivity contribution in [2.24, 2.45) is 29.6 Å². The molecule has 3 aliphatic rings. The van der Waals surface area contributed by atoms with Gasteiger partial charge in [-0.1, -0.05) is 32.4 Å². The Morgan fingerprint density at radius 2 is 1.91 bits per heavy atom. The van der Waals surface area contributed by atoms with Gasteiger partial charge in [-0.25, -0.2) is 0 Å². The molecule has 7 atom stereocenters. The summed E-state index contributed by atoms with van der Waals surface area (Å²) in [6.07, 6.45) is 8.31. The van der Waals surface area contributed by atoms with Gasteiger partial charge in [0.25, 0.3) is 0 Å². The summed E-state index contributed by atoms with van der Waals surface area (Å²) in [5.41, 5.74) is 0.414. The number of ether oxygens (including phenoxy) is 1. The van der Waals surface area contributed by atoms with Crippen molar-refractivity contribution in [1.82, 2.24) is 0 Å². The molecule has 3 heteroatoms. The summed E-state index contributed by atoms with van der Waals surface area (Å²) in [6, 6.07) is 0. The second-order valence-electron chi connectivity index (χ2n) is 8.65. The van der Waals surface area contributed by atoms with Gasteiger partial charge in [-0.2, -0.15) is 0 Å². The lowest BCUT2D eigenvalue weighted by Crippen LogP contribution is -2.56. The number of aliphatic hydroxyl groups is 2. The van der Waals surface area contributed by atoms with Gasteiger partial charge >= 0.3 is 0 Å². The third kappa shape index (κ3) is 2.92. The minimum Gasteiger partial charge on any atom is -0.383 e. The van der Waals surface area contributed by atoms with Gasteiger partial charge < -0.3 is 14.9 Å². The highest BCUT2D eigenvalue weighted by atomic mass is 16.6. The van der Waals surface area contributed by atoms with Gasteiger partial charge in [-0.3, -0.25) is 0 Å². The molecule has 1 aliphatic carbocycles. The van der Waals surface area contributed by atoms with E-state index in [1.807, 2.05) is 0 Å². The van der Waals surface area contributed by atoms with Crippen molar-refractivity contribution in [3.8, 4) is 0 Å². The number of rotatable bonds is 1. The summed E-state index contributed by atoms with van der Waals surface area (Å²) in [7, 11) is 0. The van der Waals surface area contributed by atoms with Crippen molar-refractivity contribution < 1.29 is 14.9 Å². The van der Waals surface area contributed by atoms with E-state index < -0.39 is 11.4 Å². The van der Waals surface area contributed by atoms with Crippen molar-refractivity contribution in [1.29, 1.82) is 0 Å². The lowest BCUT2D eigenvalue weighted by molar-refractivity contribution is -0.274. The summed E-state index contributed by atoms with van der Waals surface area (Å²) < 4.78 is 6.03. The second-order valence-corrected chi connectivity index (χ2v) is 8.65. The topological polar surface area (TPSA) is 49.7 Å². The predicted molar refractivity (Wildman–Crippen MR) is 91.7 cm³/mol. The van der Waals surface area contributed by atoms with Gasteiger partial charge in [0.2, 0.25) is 0 Å². The second kappa shape index (κ2) is 5.72. The monoisotopic (exact) mass is 320 g/mol. The van der Waals surface area contributed by atoms with E-state index in [0.29, 0.717) is 23.7 Å². The molecule has 2 N–H and O–H groups in total. The first kappa shape index (κ1) is 17.2. The molecule has 130 valence electrons. The largest absolute Gasteiger partial charge is 0.383 e. The molecule has 23 heavy (non-hydrogen) atoms. The van der Waals surface area contributed by atoms with Crippen molar-refractivity contribution in [2.75, 3.05) is 0 Å². The van der Waals surface area contributed by atoms with Crippen molar-refractivity contribution in [2.45, 2.75) is 71.4 Å². The zero-order valence-electron chi connectivity index (χ0n) is 15.1. The van der Waals surface area contributed by atoms with Crippen molar-refractivity contribution in [3.63, 3.8) is 0 Å². The molecule has 2 bridgehead atoms. The van der Waals surface area contributed by atoms with E-state index in [0.717, 1.165) is 19.3 Å². The molecule has 3 rings (SSSR count). The highest BCUT2D eigenvalue weighted by molar-refractivity contribution is 5.19. The third-order valence-electron chi connectivity index (χ3n) is 6.66. The van der Waals surface area contributed by atoms with Gasteiger partial charge in [0.15, 0.2) is 5.79 Å². The van der Waals surface area contributed by atoms with Gasteiger partial charge in [0.05, 0.1) is 6.10 Å². The van der Waals surface area contributed by atoms with E-state index in [-0.39, 0.29) is 12.0 Å². The lowest BCUT2D eigenvalue weighted by Gasteiger charge is -2.51. The normalized spacial score (nSPS) is 50.1. The number of hydrogen-bond donors (Lipinski definition) is 2. The van der Waals surface area contributed by atoms with Crippen LogP contribution in [0.2, 0.25) is 0 Å². The van der Waals surface area contributed by atoms with E-state index in [4.69, 9.17) is 4.74 Å². The standard InChI is InChI=1S/C20H32O3/c1-12(2)15-7-6-13(3)16-11-18-19(5,21)8-9-20(22,23-18)14(4)10-17(15)16/h6,8-9,12,14-18,21-22H,7,10-11H2,1-5H3/t14?,15-,16+,17-,18+,19+,20?/m1/s1. The summed E-state index contributed by atoms with van der Waals surface area (Å²) >= 11 is 0. The smallest absolute Gasteiger partial charge is 0.188 e. The minimum absolute atomic E-state index is 0.0253. The predicted octanol–water partition coefficient (Wildman–Crippen LogP) is 3.67. The summed E-state index contributed by atoms with van der Waals surface area (Å²) in [5, 5.41) is 21.7. The quantitative estimate of drug-likeness (QED) is 0.725. The molecule has 0 aromatic heterocycles. The van der Waals surface area contributed by atoms with Crippen LogP contribution in [0.1, 0.15) is 53.9 Å². The number of fused-ring (bicyclic) bond motifs is 3. The van der Waals surface area contributed by atoms with Crippen LogP contribution in [0.15, 0.2) is 23.8 Å². The fraction of sp³-hybridized carbons (Fsp3) is 0.800. The SMILES string of the molecule is CC1=CC[C@H](C(C)C)[C@H]2CC(C)C3(O)C=C[C@](C)(O)[C@H](C[C@@H]12)O3. The van der Waals surface area contributed by atoms with Crippen LogP contribution in [-0.4, -0.2) is 27.7 Å². The van der Waals surface area contributed by atoms with E-state index in [1.165, 1.54) is 5.57 Å². The van der Waals surface area contributed by atoms with Gasteiger partial charge in [0, 0.05) is 5.92 Å². The molecule has 1 fully saturated rings. The molecule has 0 spiro atoms. The van der Waals surface area contributed by atoms with Crippen LogP contribution in [0.4, 0.5) is 0 Å². The molecule has 0 saturated carbocycles. The van der Waals surface area contributed by atoms with E-state index in [1.54, 1.807) is 19.1 Å². The van der Waals surface area contributed by atoms with Crippen LogP contribution in [0.5, 0.6) is 0 Å². The summed E-state index contributed by atoms with van der Waals surface area (Å²) in [6.45, 7) is 10.7. The molecular formula is C20H32O3. The first-order chi connectivity index (χ1) is 10.6.